The number of carbonyl (C=O) groups is 5. The number of ketones is 1. The summed E-state index contributed by atoms with van der Waals surface area (Å²) in [6.07, 6.45) is 0.429. The molecule has 2 N–H and O–H groups in total. The Kier molecular flexibility index (Phi) is 13.7. The molecule has 2 saturated heterocycles. The zero-order valence-electron chi connectivity index (χ0n) is 34.1. The number of alkyl carbamates (subject to hydrolysis) is 1. The van der Waals surface area contributed by atoms with Crippen molar-refractivity contribution < 1.29 is 52.8 Å². The summed E-state index contributed by atoms with van der Waals surface area (Å²) < 4.78 is 28.8. The monoisotopic (exact) mass is 821 g/mol. The van der Waals surface area contributed by atoms with E-state index < -0.39 is 88.0 Å². The van der Waals surface area contributed by atoms with Crippen LogP contribution in [0.1, 0.15) is 79.7 Å². The quantitative estimate of drug-likeness (QED) is 0.133. The molecule has 14 nitrogen and oxygen atoms in total. The molecule has 0 saturated carbocycles. The third-order valence-electron chi connectivity index (χ3n) is 11.2. The lowest BCUT2D eigenvalue weighted by Gasteiger charge is -2.42. The molecule has 0 spiro atoms. The third kappa shape index (κ3) is 9.55. The van der Waals surface area contributed by atoms with Gasteiger partial charge < -0.3 is 38.6 Å². The van der Waals surface area contributed by atoms with E-state index >= 15 is 0 Å². The summed E-state index contributed by atoms with van der Waals surface area (Å²) >= 11 is 11.3. The number of hydrogen-bond acceptors (Lipinski definition) is 12. The number of anilines is 1. The van der Waals surface area contributed by atoms with Crippen molar-refractivity contribution >= 4 is 59.6 Å². The largest absolute Gasteiger partial charge is 0.495 e. The first-order chi connectivity index (χ1) is 25.9. The highest BCUT2D eigenvalue weighted by Crippen LogP contribution is 2.49. The Morgan fingerprint density at radius 1 is 1.20 bits per heavy atom. The SMILES string of the molecule is COc1cc2cc(c1Cl)N(C)C(=O)C[C@H](OC(=O)[C@@](C)(C(=O)CCC(C)(C)S)N(C)C(C)=O)[C@]1(C)O[C@H]1[C@H](C)[C@@H]1C[C@@](O)(NC(=O)O1)C(OC)/C=C/C=C(\C)C2. The molecule has 3 amide bonds. The van der Waals surface area contributed by atoms with Crippen LogP contribution in [-0.2, 0) is 44.5 Å². The highest BCUT2D eigenvalue weighted by Gasteiger charge is 2.65. The highest BCUT2D eigenvalue weighted by atomic mass is 35.5. The van der Waals surface area contributed by atoms with Gasteiger partial charge in [-0.25, -0.2) is 9.59 Å². The summed E-state index contributed by atoms with van der Waals surface area (Å²) in [5, 5.41) is 14.5. The molecule has 3 aliphatic heterocycles. The molecule has 16 heteroatoms. The smallest absolute Gasteiger partial charge is 0.409 e. The van der Waals surface area contributed by atoms with E-state index in [1.807, 2.05) is 26.8 Å². The summed E-state index contributed by atoms with van der Waals surface area (Å²) in [5.41, 5.74) is -3.31. The number of fused-ring (bicyclic) bond motifs is 5. The van der Waals surface area contributed by atoms with E-state index in [1.165, 1.54) is 47.1 Å². The van der Waals surface area contributed by atoms with Crippen LogP contribution in [0.3, 0.4) is 0 Å². The van der Waals surface area contributed by atoms with Gasteiger partial charge >= 0.3 is 12.1 Å². The van der Waals surface area contributed by atoms with Crippen LogP contribution >= 0.6 is 24.2 Å². The number of ether oxygens (including phenoxy) is 5. The molecule has 4 rings (SSSR count). The van der Waals surface area contributed by atoms with Gasteiger partial charge in [-0.05, 0) is 51.3 Å². The van der Waals surface area contributed by atoms with E-state index in [0.29, 0.717) is 24.3 Å². The average molecular weight is 822 g/mol. The molecule has 1 aromatic rings. The standard InChI is InChI=1S/C40H56ClN3O11S/c1-22-13-12-14-30(52-11)40(50)21-28(53-36(49)42-40)23(2)34-39(7,55-34)31(20-32(47)43(8)26-18-25(17-22)19-27(51-10)33(26)41)54-35(48)38(6,44(9)24(3)45)29(46)15-16-37(4,5)56/h12-14,18-19,23,28,30-31,34,50,56H,15-17,20-21H2,1-11H3,(H,42,49)/b14-12+,22-13+/t23-,28+,30?,31+,34+,38-,39+,40+/m1/s1. The summed E-state index contributed by atoms with van der Waals surface area (Å²) in [6.45, 7) is 11.5. The minimum Gasteiger partial charge on any atom is -0.495 e. The van der Waals surface area contributed by atoms with E-state index in [-0.39, 0.29) is 17.9 Å². The summed E-state index contributed by atoms with van der Waals surface area (Å²) in [7, 11) is 5.75. The summed E-state index contributed by atoms with van der Waals surface area (Å²) in [4.78, 5) is 70.7. The van der Waals surface area contributed by atoms with Gasteiger partial charge in [-0.1, -0.05) is 56.2 Å². The Morgan fingerprint density at radius 3 is 2.45 bits per heavy atom. The van der Waals surface area contributed by atoms with Crippen LogP contribution in [0.5, 0.6) is 5.75 Å². The molecule has 3 heterocycles. The molecule has 2 fully saturated rings. The number of nitrogens with one attached hydrogen (secondary N) is 1. The van der Waals surface area contributed by atoms with Gasteiger partial charge in [-0.2, -0.15) is 12.6 Å². The Labute approximate surface area is 339 Å². The molecule has 56 heavy (non-hydrogen) atoms. The van der Waals surface area contributed by atoms with Crippen molar-refractivity contribution in [2.45, 2.75) is 127 Å². The van der Waals surface area contributed by atoms with E-state index in [4.69, 9.17) is 35.3 Å². The fourth-order valence-electron chi connectivity index (χ4n) is 7.26. The van der Waals surface area contributed by atoms with Crippen LogP contribution < -0.4 is 15.0 Å². The average Bonchev–Trinajstić information content (AvgIpc) is 3.82. The van der Waals surface area contributed by atoms with E-state index in [0.717, 1.165) is 16.0 Å². The molecule has 8 atom stereocenters. The molecule has 1 unspecified atom stereocenters. The van der Waals surface area contributed by atoms with Crippen molar-refractivity contribution in [1.82, 2.24) is 10.2 Å². The molecule has 1 aromatic carbocycles. The maximum absolute atomic E-state index is 14.4. The number of Topliss-reactive ketones (excluding diaryl/α,β-unsaturated/α-hetero) is 1. The number of nitrogens with zero attached hydrogens (tertiary/aromatic N) is 2. The van der Waals surface area contributed by atoms with Crippen molar-refractivity contribution in [2.24, 2.45) is 5.92 Å². The van der Waals surface area contributed by atoms with Crippen molar-refractivity contribution in [2.75, 3.05) is 33.2 Å². The molecular weight excluding hydrogens is 766 g/mol. The first-order valence-electron chi connectivity index (χ1n) is 18.5. The molecule has 0 radical (unpaired) electrons. The van der Waals surface area contributed by atoms with Crippen LogP contribution in [0, 0.1) is 5.92 Å². The summed E-state index contributed by atoms with van der Waals surface area (Å²) in [6, 6.07) is 3.52. The number of allylic oxidation sites excluding steroid dienone is 3. The first kappa shape index (κ1) is 45.1. The minimum absolute atomic E-state index is 0.0908. The predicted molar refractivity (Wildman–Crippen MR) is 213 cm³/mol. The second-order valence-corrected chi connectivity index (χ2v) is 17.7. The fraction of sp³-hybridized carbons (Fsp3) is 0.625. The lowest BCUT2D eigenvalue weighted by atomic mass is 9.83. The van der Waals surface area contributed by atoms with Crippen molar-refractivity contribution in [3.8, 4) is 5.75 Å². The van der Waals surface area contributed by atoms with Crippen molar-refractivity contribution in [3.05, 3.63) is 46.5 Å². The molecule has 3 aliphatic rings. The number of benzene rings is 1. The molecular formula is C40H56ClN3O11S. The molecule has 310 valence electrons. The Hall–Kier alpha value is -3.63. The lowest BCUT2D eigenvalue weighted by molar-refractivity contribution is -0.172. The van der Waals surface area contributed by atoms with Crippen LogP contribution in [-0.4, -0.2) is 114 Å². The number of thiol groups is 1. The van der Waals surface area contributed by atoms with Gasteiger partial charge in [0.25, 0.3) is 0 Å². The van der Waals surface area contributed by atoms with Gasteiger partial charge in [-0.3, -0.25) is 19.7 Å². The fourth-order valence-corrected chi connectivity index (χ4v) is 7.69. The van der Waals surface area contributed by atoms with Gasteiger partial charge in [0.05, 0.1) is 25.3 Å². The first-order valence-corrected chi connectivity index (χ1v) is 19.3. The Morgan fingerprint density at radius 2 is 1.86 bits per heavy atom. The number of methoxy groups -OCH3 is 2. The maximum Gasteiger partial charge on any atom is 0.409 e. The van der Waals surface area contributed by atoms with Crippen molar-refractivity contribution in [3.63, 3.8) is 0 Å². The third-order valence-corrected chi connectivity index (χ3v) is 11.9. The Balaban J connectivity index is 1.84. The van der Waals surface area contributed by atoms with Gasteiger partial charge in [0.15, 0.2) is 17.0 Å². The van der Waals surface area contributed by atoms with E-state index in [9.17, 15) is 29.1 Å². The van der Waals surface area contributed by atoms with E-state index in [1.54, 1.807) is 38.1 Å². The van der Waals surface area contributed by atoms with Gasteiger partial charge in [-0.15, -0.1) is 0 Å². The Bertz CT molecular complexity index is 1780. The lowest BCUT2D eigenvalue weighted by Crippen LogP contribution is -2.63. The number of rotatable bonds is 9. The zero-order chi connectivity index (χ0) is 42.1. The van der Waals surface area contributed by atoms with Gasteiger partial charge in [0.2, 0.25) is 11.8 Å². The molecule has 0 aromatic heterocycles. The number of likely N-dealkylation sites (N-methyl/N-ethyl adjacent to an activating group) is 1. The number of epoxide rings is 1. The zero-order valence-corrected chi connectivity index (χ0v) is 35.7. The molecule has 0 aliphatic carbocycles. The molecule has 4 bridgehead atoms. The normalized spacial score (nSPS) is 31.0. The van der Waals surface area contributed by atoms with Crippen LogP contribution in [0.4, 0.5) is 10.5 Å². The number of hydrogen-bond donors (Lipinski definition) is 3. The van der Waals surface area contributed by atoms with Crippen molar-refractivity contribution in [1.29, 1.82) is 0 Å². The van der Waals surface area contributed by atoms with Crippen LogP contribution in [0.25, 0.3) is 0 Å². The highest BCUT2D eigenvalue weighted by molar-refractivity contribution is 7.81. The number of aliphatic hydroxyl groups is 1. The second kappa shape index (κ2) is 17.1. The number of esters is 1. The summed E-state index contributed by atoms with van der Waals surface area (Å²) in [5.74, 6) is -2.98. The van der Waals surface area contributed by atoms with E-state index in [2.05, 4.69) is 17.9 Å². The van der Waals surface area contributed by atoms with Gasteiger partial charge in [0.1, 0.15) is 34.7 Å². The van der Waals surface area contributed by atoms with Crippen LogP contribution in [0.2, 0.25) is 5.02 Å². The number of amides is 3. The second-order valence-electron chi connectivity index (χ2n) is 16.1. The minimum atomic E-state index is -2.07. The van der Waals surface area contributed by atoms with Crippen LogP contribution in [0.15, 0.2) is 35.9 Å². The number of carbonyl (C=O) groups excluding carboxylic acids is 5. The predicted octanol–water partition coefficient (Wildman–Crippen LogP) is 4.96. The number of halogens is 1. The topological polar surface area (TPSA) is 174 Å². The maximum atomic E-state index is 14.4. The van der Waals surface area contributed by atoms with Gasteiger partial charge in [0, 0.05) is 51.6 Å².